The van der Waals surface area contributed by atoms with Crippen molar-refractivity contribution in [2.24, 2.45) is 0 Å². The fraction of sp³-hybridized carbons (Fsp3) is 0.312. The first-order valence-electron chi connectivity index (χ1n) is 6.82. The number of benzene rings is 2. The van der Waals surface area contributed by atoms with Gasteiger partial charge in [0, 0.05) is 36.0 Å². The lowest BCUT2D eigenvalue weighted by Crippen LogP contribution is -2.42. The van der Waals surface area contributed by atoms with E-state index in [1.54, 1.807) is 6.07 Å². The van der Waals surface area contributed by atoms with Gasteiger partial charge in [0.15, 0.2) is 0 Å². The Hall–Kier alpha value is -1.49. The van der Waals surface area contributed by atoms with Crippen LogP contribution in [0.4, 0.5) is 8.78 Å². The Morgan fingerprint density at radius 3 is 2.38 bits per heavy atom. The van der Waals surface area contributed by atoms with Crippen LogP contribution in [-0.2, 0) is 0 Å². The van der Waals surface area contributed by atoms with Gasteiger partial charge < -0.3 is 4.90 Å². The predicted molar refractivity (Wildman–Crippen MR) is 81.7 cm³/mol. The van der Waals surface area contributed by atoms with Crippen molar-refractivity contribution in [3.05, 3.63) is 46.4 Å². The van der Waals surface area contributed by atoms with Gasteiger partial charge in [-0.15, -0.1) is 0 Å². The lowest BCUT2D eigenvalue weighted by atomic mass is 10.0. The molecular weight excluding hydrogens is 340 g/mol. The second kappa shape index (κ2) is 5.37. The Morgan fingerprint density at radius 1 is 1.05 bits per heavy atom. The number of alkyl halides is 2. The number of carbonyl (C=O) groups is 1. The highest BCUT2D eigenvalue weighted by molar-refractivity contribution is 9.10. The molecule has 0 N–H and O–H groups in total. The van der Waals surface area contributed by atoms with Crippen LogP contribution in [-0.4, -0.2) is 29.8 Å². The van der Waals surface area contributed by atoms with E-state index in [1.165, 1.54) is 4.90 Å². The highest BCUT2D eigenvalue weighted by Gasteiger charge is 2.36. The van der Waals surface area contributed by atoms with Crippen LogP contribution in [0.1, 0.15) is 23.2 Å². The van der Waals surface area contributed by atoms with Crippen LogP contribution < -0.4 is 0 Å². The van der Waals surface area contributed by atoms with Gasteiger partial charge in [-0.3, -0.25) is 4.79 Å². The maximum Gasteiger partial charge on any atom is 0.254 e. The fourth-order valence-corrected chi connectivity index (χ4v) is 3.16. The first kappa shape index (κ1) is 14.4. The molecule has 0 radical (unpaired) electrons. The summed E-state index contributed by atoms with van der Waals surface area (Å²) in [4.78, 5) is 14.1. The number of hydrogen-bond donors (Lipinski definition) is 0. The van der Waals surface area contributed by atoms with E-state index in [9.17, 15) is 13.6 Å². The normalized spacial score (nSPS) is 18.0. The summed E-state index contributed by atoms with van der Waals surface area (Å²) in [6.07, 6.45) is -0.513. The molecule has 3 rings (SSSR count). The molecule has 1 saturated heterocycles. The summed E-state index contributed by atoms with van der Waals surface area (Å²) in [7, 11) is 0. The molecule has 1 aliphatic rings. The summed E-state index contributed by atoms with van der Waals surface area (Å²) in [6.45, 7) is 0.215. The topological polar surface area (TPSA) is 20.3 Å². The predicted octanol–water partition coefficient (Wildman–Crippen LogP) is 4.47. The lowest BCUT2D eigenvalue weighted by Gasteiger charge is -2.32. The average Bonchev–Trinajstić information content (AvgIpc) is 2.46. The maximum absolute atomic E-state index is 13.2. The van der Waals surface area contributed by atoms with Crippen molar-refractivity contribution in [2.45, 2.75) is 18.8 Å². The molecule has 0 bridgehead atoms. The van der Waals surface area contributed by atoms with E-state index in [0.29, 0.717) is 5.56 Å². The number of piperidine rings is 1. The lowest BCUT2D eigenvalue weighted by molar-refractivity contribution is -0.0493. The van der Waals surface area contributed by atoms with Crippen molar-refractivity contribution in [1.29, 1.82) is 0 Å². The Balaban J connectivity index is 1.94. The third-order valence-electron chi connectivity index (χ3n) is 3.88. The number of fused-ring (bicyclic) bond motifs is 1. The third-order valence-corrected chi connectivity index (χ3v) is 4.57. The summed E-state index contributed by atoms with van der Waals surface area (Å²) < 4.78 is 27.3. The zero-order chi connectivity index (χ0) is 15.0. The molecule has 0 atom stereocenters. The van der Waals surface area contributed by atoms with E-state index in [-0.39, 0.29) is 31.8 Å². The molecule has 5 heteroatoms. The standard InChI is InChI=1S/C16H14BrF2NO/c17-14-6-2-3-11-12(14)4-1-5-13(11)15(21)20-9-7-16(18,19)8-10-20/h1-6H,7-10H2. The molecule has 2 aromatic carbocycles. The van der Waals surface area contributed by atoms with E-state index >= 15 is 0 Å². The molecule has 0 aromatic heterocycles. The van der Waals surface area contributed by atoms with Gasteiger partial charge >= 0.3 is 0 Å². The Morgan fingerprint density at radius 2 is 1.67 bits per heavy atom. The van der Waals surface area contributed by atoms with Gasteiger partial charge in [-0.2, -0.15) is 0 Å². The monoisotopic (exact) mass is 353 g/mol. The fourth-order valence-electron chi connectivity index (χ4n) is 2.67. The van der Waals surface area contributed by atoms with E-state index < -0.39 is 5.92 Å². The van der Waals surface area contributed by atoms with Crippen LogP contribution in [0.2, 0.25) is 0 Å². The number of nitrogens with zero attached hydrogens (tertiary/aromatic N) is 1. The van der Waals surface area contributed by atoms with E-state index in [2.05, 4.69) is 15.9 Å². The molecule has 21 heavy (non-hydrogen) atoms. The van der Waals surface area contributed by atoms with Crippen LogP contribution in [0.15, 0.2) is 40.9 Å². The molecule has 1 aliphatic heterocycles. The molecule has 0 aliphatic carbocycles. The summed E-state index contributed by atoms with van der Waals surface area (Å²) in [5.41, 5.74) is 0.569. The molecular formula is C16H14BrF2NO. The molecule has 110 valence electrons. The minimum atomic E-state index is -2.64. The Bertz CT molecular complexity index is 692. The number of hydrogen-bond acceptors (Lipinski definition) is 1. The van der Waals surface area contributed by atoms with Crippen LogP contribution in [0.25, 0.3) is 10.8 Å². The number of carbonyl (C=O) groups excluding carboxylic acids is 1. The largest absolute Gasteiger partial charge is 0.338 e. The van der Waals surface area contributed by atoms with E-state index in [4.69, 9.17) is 0 Å². The molecule has 1 fully saturated rings. The van der Waals surface area contributed by atoms with E-state index in [0.717, 1.165) is 15.2 Å². The molecule has 0 saturated carbocycles. The highest BCUT2D eigenvalue weighted by atomic mass is 79.9. The number of rotatable bonds is 1. The van der Waals surface area contributed by atoms with Gasteiger partial charge in [0.1, 0.15) is 0 Å². The molecule has 0 unspecified atom stereocenters. The number of likely N-dealkylation sites (tertiary alicyclic amines) is 1. The maximum atomic E-state index is 13.2. The Labute approximate surface area is 129 Å². The van der Waals surface area contributed by atoms with Crippen molar-refractivity contribution in [3.8, 4) is 0 Å². The van der Waals surface area contributed by atoms with Crippen LogP contribution in [0.3, 0.4) is 0 Å². The van der Waals surface area contributed by atoms with Gasteiger partial charge in [-0.25, -0.2) is 8.78 Å². The first-order chi connectivity index (χ1) is 9.98. The van der Waals surface area contributed by atoms with Crippen LogP contribution >= 0.6 is 15.9 Å². The quantitative estimate of drug-likeness (QED) is 0.740. The highest BCUT2D eigenvalue weighted by Crippen LogP contribution is 2.30. The second-order valence-corrected chi connectivity index (χ2v) is 6.14. The molecule has 1 heterocycles. The average molecular weight is 354 g/mol. The zero-order valence-electron chi connectivity index (χ0n) is 11.3. The van der Waals surface area contributed by atoms with Crippen LogP contribution in [0.5, 0.6) is 0 Å². The van der Waals surface area contributed by atoms with Gasteiger partial charge in [-0.1, -0.05) is 40.2 Å². The van der Waals surface area contributed by atoms with Crippen molar-refractivity contribution >= 4 is 32.6 Å². The van der Waals surface area contributed by atoms with Crippen molar-refractivity contribution in [2.75, 3.05) is 13.1 Å². The van der Waals surface area contributed by atoms with E-state index in [1.807, 2.05) is 30.3 Å². The van der Waals surface area contributed by atoms with Crippen molar-refractivity contribution in [3.63, 3.8) is 0 Å². The van der Waals surface area contributed by atoms with Gasteiger partial charge in [-0.05, 0) is 22.9 Å². The van der Waals surface area contributed by atoms with Gasteiger partial charge in [0.25, 0.3) is 11.8 Å². The summed E-state index contributed by atoms with van der Waals surface area (Å²) >= 11 is 3.47. The summed E-state index contributed by atoms with van der Waals surface area (Å²) in [5.74, 6) is -2.81. The second-order valence-electron chi connectivity index (χ2n) is 5.29. The first-order valence-corrected chi connectivity index (χ1v) is 7.62. The minimum Gasteiger partial charge on any atom is -0.338 e. The zero-order valence-corrected chi connectivity index (χ0v) is 12.9. The van der Waals surface area contributed by atoms with Crippen molar-refractivity contribution < 1.29 is 13.6 Å². The number of amides is 1. The van der Waals surface area contributed by atoms with Crippen molar-refractivity contribution in [1.82, 2.24) is 4.90 Å². The minimum absolute atomic E-state index is 0.107. The third kappa shape index (κ3) is 2.79. The summed E-state index contributed by atoms with van der Waals surface area (Å²) in [5, 5.41) is 1.79. The molecule has 1 amide bonds. The molecule has 2 aromatic rings. The Kier molecular flexibility index (Phi) is 3.69. The SMILES string of the molecule is O=C(c1cccc2c(Br)cccc12)N1CCC(F)(F)CC1. The summed E-state index contributed by atoms with van der Waals surface area (Å²) in [6, 6.07) is 11.2. The van der Waals surface area contributed by atoms with Gasteiger partial charge in [0.2, 0.25) is 0 Å². The van der Waals surface area contributed by atoms with Crippen LogP contribution in [0, 0.1) is 0 Å². The number of halogens is 3. The molecule has 0 spiro atoms. The van der Waals surface area contributed by atoms with Gasteiger partial charge in [0.05, 0.1) is 0 Å². The smallest absolute Gasteiger partial charge is 0.254 e. The molecule has 2 nitrogen and oxygen atoms in total.